The minimum absolute atomic E-state index is 0.403. The summed E-state index contributed by atoms with van der Waals surface area (Å²) in [5, 5.41) is 8.37. The van der Waals surface area contributed by atoms with Gasteiger partial charge in [-0.15, -0.1) is 10.2 Å². The number of pyridine rings is 1. The Balaban J connectivity index is 2.14. The number of hydrogen-bond acceptors (Lipinski definition) is 5. The summed E-state index contributed by atoms with van der Waals surface area (Å²) in [6.07, 6.45) is 6.37. The lowest BCUT2D eigenvalue weighted by atomic mass is 10.1. The zero-order chi connectivity index (χ0) is 13.4. The summed E-state index contributed by atoms with van der Waals surface area (Å²) in [7, 11) is 1.35. The first-order valence-corrected chi connectivity index (χ1v) is 6.43. The Morgan fingerprint density at radius 3 is 2.84 bits per heavy atom. The number of nitrogen functional groups attached to an aromatic ring is 1. The van der Waals surface area contributed by atoms with Crippen LogP contribution in [-0.4, -0.2) is 27.7 Å². The SMILES string of the molecule is COC(=O)c1cc(N)c2nnc(C3CCCC3)n2c1. The summed E-state index contributed by atoms with van der Waals surface area (Å²) in [4.78, 5) is 11.6. The predicted molar refractivity (Wildman–Crippen MR) is 69.9 cm³/mol. The van der Waals surface area contributed by atoms with Crippen LogP contribution in [0, 0.1) is 0 Å². The maximum absolute atomic E-state index is 11.6. The van der Waals surface area contributed by atoms with Crippen LogP contribution < -0.4 is 5.73 Å². The average Bonchev–Trinajstić information content (AvgIpc) is 3.05. The summed E-state index contributed by atoms with van der Waals surface area (Å²) in [6.45, 7) is 0. The van der Waals surface area contributed by atoms with E-state index in [0.29, 0.717) is 22.8 Å². The molecule has 0 radical (unpaired) electrons. The Hall–Kier alpha value is -2.11. The number of fused-ring (bicyclic) bond motifs is 1. The maximum atomic E-state index is 11.6. The summed E-state index contributed by atoms with van der Waals surface area (Å²) in [6, 6.07) is 1.58. The Bertz CT molecular complexity index is 629. The smallest absolute Gasteiger partial charge is 0.339 e. The highest BCUT2D eigenvalue weighted by Gasteiger charge is 2.23. The second-order valence-corrected chi connectivity index (χ2v) is 4.91. The third-order valence-electron chi connectivity index (χ3n) is 3.70. The monoisotopic (exact) mass is 260 g/mol. The first-order valence-electron chi connectivity index (χ1n) is 6.43. The molecule has 1 aliphatic rings. The quantitative estimate of drug-likeness (QED) is 0.832. The number of rotatable bonds is 2. The molecule has 0 amide bonds. The number of nitrogens with zero attached hydrogens (tertiary/aromatic N) is 3. The van der Waals surface area contributed by atoms with E-state index in [2.05, 4.69) is 10.2 Å². The van der Waals surface area contributed by atoms with Crippen LogP contribution in [-0.2, 0) is 4.74 Å². The third-order valence-corrected chi connectivity index (χ3v) is 3.70. The highest BCUT2D eigenvalue weighted by molar-refractivity contribution is 5.91. The van der Waals surface area contributed by atoms with E-state index in [-0.39, 0.29) is 0 Å². The Kier molecular flexibility index (Phi) is 2.85. The topological polar surface area (TPSA) is 82.5 Å². The third kappa shape index (κ3) is 1.93. The van der Waals surface area contributed by atoms with Gasteiger partial charge in [-0.05, 0) is 18.9 Å². The van der Waals surface area contributed by atoms with Gasteiger partial charge in [-0.25, -0.2) is 4.79 Å². The zero-order valence-electron chi connectivity index (χ0n) is 10.8. The minimum Gasteiger partial charge on any atom is -0.465 e. The molecule has 19 heavy (non-hydrogen) atoms. The average molecular weight is 260 g/mol. The van der Waals surface area contributed by atoms with Crippen molar-refractivity contribution in [2.45, 2.75) is 31.6 Å². The number of carbonyl (C=O) groups excluding carboxylic acids is 1. The molecule has 6 heteroatoms. The first kappa shape index (κ1) is 12.0. The van der Waals surface area contributed by atoms with Gasteiger partial charge in [0.25, 0.3) is 0 Å². The number of methoxy groups -OCH3 is 1. The van der Waals surface area contributed by atoms with Crippen LogP contribution in [0.2, 0.25) is 0 Å². The predicted octanol–water partition coefficient (Wildman–Crippen LogP) is 1.76. The number of hydrogen-bond donors (Lipinski definition) is 1. The molecule has 0 bridgehead atoms. The van der Waals surface area contributed by atoms with Crippen molar-refractivity contribution in [2.75, 3.05) is 12.8 Å². The van der Waals surface area contributed by atoms with Crippen LogP contribution in [0.15, 0.2) is 12.3 Å². The maximum Gasteiger partial charge on any atom is 0.339 e. The van der Waals surface area contributed by atoms with Gasteiger partial charge in [-0.3, -0.25) is 4.40 Å². The molecule has 1 aliphatic carbocycles. The number of esters is 1. The lowest BCUT2D eigenvalue weighted by Gasteiger charge is -2.08. The van der Waals surface area contributed by atoms with Crippen molar-refractivity contribution in [1.29, 1.82) is 0 Å². The molecule has 2 heterocycles. The molecule has 0 saturated heterocycles. The molecule has 0 aromatic carbocycles. The van der Waals surface area contributed by atoms with Gasteiger partial charge in [-0.2, -0.15) is 0 Å². The molecule has 100 valence electrons. The van der Waals surface area contributed by atoms with E-state index < -0.39 is 5.97 Å². The first-order chi connectivity index (χ1) is 9.20. The molecule has 0 spiro atoms. The van der Waals surface area contributed by atoms with Crippen molar-refractivity contribution in [2.24, 2.45) is 0 Å². The fourth-order valence-corrected chi connectivity index (χ4v) is 2.73. The van der Waals surface area contributed by atoms with Crippen LogP contribution in [0.3, 0.4) is 0 Å². The lowest BCUT2D eigenvalue weighted by molar-refractivity contribution is 0.0600. The Morgan fingerprint density at radius 1 is 1.42 bits per heavy atom. The van der Waals surface area contributed by atoms with Crippen molar-refractivity contribution in [1.82, 2.24) is 14.6 Å². The largest absolute Gasteiger partial charge is 0.465 e. The van der Waals surface area contributed by atoms with Gasteiger partial charge in [-0.1, -0.05) is 12.8 Å². The highest BCUT2D eigenvalue weighted by Crippen LogP contribution is 2.33. The summed E-state index contributed by atoms with van der Waals surface area (Å²) in [5.41, 5.74) is 7.40. The molecule has 2 aromatic rings. The molecule has 1 saturated carbocycles. The summed E-state index contributed by atoms with van der Waals surface area (Å²) in [5.74, 6) is 0.895. The van der Waals surface area contributed by atoms with Crippen molar-refractivity contribution in [3.8, 4) is 0 Å². The van der Waals surface area contributed by atoms with Gasteiger partial charge in [0, 0.05) is 12.1 Å². The second-order valence-electron chi connectivity index (χ2n) is 4.91. The molecule has 0 unspecified atom stereocenters. The van der Waals surface area contributed by atoms with Crippen LogP contribution in [0.25, 0.3) is 5.65 Å². The van der Waals surface area contributed by atoms with Crippen molar-refractivity contribution in [3.63, 3.8) is 0 Å². The second kappa shape index (κ2) is 4.53. The molecule has 0 atom stereocenters. The summed E-state index contributed by atoms with van der Waals surface area (Å²) < 4.78 is 6.56. The van der Waals surface area contributed by atoms with E-state index in [9.17, 15) is 4.79 Å². The minimum atomic E-state index is -0.403. The summed E-state index contributed by atoms with van der Waals surface area (Å²) >= 11 is 0. The van der Waals surface area contributed by atoms with E-state index in [0.717, 1.165) is 18.7 Å². The molecule has 6 nitrogen and oxygen atoms in total. The molecule has 3 rings (SSSR count). The molecule has 2 N–H and O–H groups in total. The van der Waals surface area contributed by atoms with E-state index in [4.69, 9.17) is 10.5 Å². The van der Waals surface area contributed by atoms with Crippen molar-refractivity contribution >= 4 is 17.3 Å². The fourth-order valence-electron chi connectivity index (χ4n) is 2.73. The van der Waals surface area contributed by atoms with E-state index in [1.165, 1.54) is 20.0 Å². The number of carbonyl (C=O) groups is 1. The van der Waals surface area contributed by atoms with Crippen LogP contribution >= 0.6 is 0 Å². The molecule has 1 fully saturated rings. The van der Waals surface area contributed by atoms with Gasteiger partial charge in [0.1, 0.15) is 5.82 Å². The molecule has 2 aromatic heterocycles. The zero-order valence-corrected chi connectivity index (χ0v) is 10.8. The number of nitrogens with two attached hydrogens (primary N) is 1. The van der Waals surface area contributed by atoms with E-state index in [1.54, 1.807) is 12.3 Å². The van der Waals surface area contributed by atoms with Crippen molar-refractivity contribution in [3.05, 3.63) is 23.7 Å². The van der Waals surface area contributed by atoms with Crippen LogP contribution in [0.5, 0.6) is 0 Å². The molecule has 0 aliphatic heterocycles. The van der Waals surface area contributed by atoms with Gasteiger partial charge >= 0.3 is 5.97 Å². The van der Waals surface area contributed by atoms with Gasteiger partial charge in [0.15, 0.2) is 5.65 Å². The van der Waals surface area contributed by atoms with Crippen molar-refractivity contribution < 1.29 is 9.53 Å². The van der Waals surface area contributed by atoms with E-state index in [1.807, 2.05) is 4.40 Å². The standard InChI is InChI=1S/C13H16N4O2/c1-19-13(18)9-6-10(14)12-16-15-11(17(12)7-9)8-4-2-3-5-8/h6-8H,2-5,14H2,1H3. The normalized spacial score (nSPS) is 16.1. The number of ether oxygens (including phenoxy) is 1. The highest BCUT2D eigenvalue weighted by atomic mass is 16.5. The fraction of sp³-hybridized carbons (Fsp3) is 0.462. The Labute approximate surface area is 110 Å². The Morgan fingerprint density at radius 2 is 2.16 bits per heavy atom. The number of anilines is 1. The van der Waals surface area contributed by atoms with E-state index >= 15 is 0 Å². The van der Waals surface area contributed by atoms with Gasteiger partial charge in [0.2, 0.25) is 0 Å². The van der Waals surface area contributed by atoms with Gasteiger partial charge < -0.3 is 10.5 Å². The van der Waals surface area contributed by atoms with Crippen LogP contribution in [0.4, 0.5) is 5.69 Å². The lowest BCUT2D eigenvalue weighted by Crippen LogP contribution is -2.07. The van der Waals surface area contributed by atoms with Crippen LogP contribution in [0.1, 0.15) is 47.8 Å². The van der Waals surface area contributed by atoms with Gasteiger partial charge in [0.05, 0.1) is 18.4 Å². The molecular formula is C13H16N4O2. The molecular weight excluding hydrogens is 244 g/mol. The number of aromatic nitrogens is 3.